The first kappa shape index (κ1) is 56.9. The monoisotopic (exact) mass is 831 g/mol. The Morgan fingerprint density at radius 1 is 1.05 bits per heavy atom. The van der Waals surface area contributed by atoms with Gasteiger partial charge in [0.15, 0.2) is 5.82 Å². The van der Waals surface area contributed by atoms with Gasteiger partial charge < -0.3 is 25.7 Å². The molecule has 4 N–H and O–H groups in total. The fourth-order valence-electron chi connectivity index (χ4n) is 5.64. The van der Waals surface area contributed by atoms with E-state index in [9.17, 15) is 18.8 Å². The highest BCUT2D eigenvalue weighted by molar-refractivity contribution is 6.03. The maximum Gasteiger partial charge on any atom is 0.309 e. The number of carboxylic acid groups (broad SMARTS) is 1. The van der Waals surface area contributed by atoms with Gasteiger partial charge in [-0.05, 0) is 89.0 Å². The van der Waals surface area contributed by atoms with Gasteiger partial charge in [0.1, 0.15) is 23.2 Å². The van der Waals surface area contributed by atoms with Gasteiger partial charge in [0.05, 0.1) is 17.9 Å². The van der Waals surface area contributed by atoms with Crippen molar-refractivity contribution < 1.29 is 28.6 Å². The summed E-state index contributed by atoms with van der Waals surface area (Å²) >= 11 is 0. The lowest BCUT2D eigenvalue weighted by atomic mass is 9.92. The number of ketones is 1. The number of ether oxygens (including phenoxy) is 1. The predicted octanol–water partition coefficient (Wildman–Crippen LogP) is 12.8. The molecular weight excluding hydrogens is 756 g/mol. The van der Waals surface area contributed by atoms with E-state index in [1.54, 1.807) is 26.0 Å². The number of fused-ring (bicyclic) bond motifs is 1. The lowest BCUT2D eigenvalue weighted by Gasteiger charge is -2.17. The van der Waals surface area contributed by atoms with E-state index in [1.165, 1.54) is 30.4 Å². The van der Waals surface area contributed by atoms with Gasteiger partial charge in [-0.2, -0.15) is 0 Å². The Hall–Kier alpha value is -5.22. The summed E-state index contributed by atoms with van der Waals surface area (Å²) in [4.78, 5) is 42.4. The molecule has 1 amide bonds. The second kappa shape index (κ2) is 32.6. The number of anilines is 2. The number of hydrogen-bond acceptors (Lipinski definition) is 7. The zero-order valence-corrected chi connectivity index (χ0v) is 38.8. The van der Waals surface area contributed by atoms with Crippen LogP contribution in [0, 0.1) is 11.8 Å². The van der Waals surface area contributed by atoms with Crippen LogP contribution < -0.4 is 11.1 Å². The number of amides is 1. The maximum atomic E-state index is 12.8. The molecule has 10 heteroatoms. The Labute approximate surface area is 361 Å². The Kier molecular flexibility index (Phi) is 30.9. The molecule has 1 aromatic heterocycles. The summed E-state index contributed by atoms with van der Waals surface area (Å²) in [7, 11) is 1.54. The molecular formula is C50H75FN4O5. The molecule has 2 heterocycles. The number of aliphatic carboxylic acids is 1. The number of Topliss-reactive ketones (excluding diaryl/α,β-unsaturated/α-hetero) is 1. The average Bonchev–Trinajstić information content (AvgIpc) is 3.53. The number of halogens is 1. The van der Waals surface area contributed by atoms with E-state index in [1.807, 2.05) is 84.0 Å². The number of carbonyl (C=O) groups is 3. The lowest BCUT2D eigenvalue weighted by molar-refractivity contribution is -0.146. The minimum atomic E-state index is -0.763. The van der Waals surface area contributed by atoms with Crippen molar-refractivity contribution in [3.05, 3.63) is 126 Å². The van der Waals surface area contributed by atoms with Crippen LogP contribution in [-0.2, 0) is 25.5 Å². The molecule has 0 saturated heterocycles. The van der Waals surface area contributed by atoms with Crippen LogP contribution >= 0.6 is 0 Å². The van der Waals surface area contributed by atoms with Crippen molar-refractivity contribution in [3.8, 4) is 0 Å². The van der Waals surface area contributed by atoms with Crippen molar-refractivity contribution in [2.24, 2.45) is 11.8 Å². The molecule has 0 aliphatic carbocycles. The van der Waals surface area contributed by atoms with Crippen LogP contribution in [0.25, 0.3) is 5.57 Å². The first-order chi connectivity index (χ1) is 28.5. The van der Waals surface area contributed by atoms with Crippen molar-refractivity contribution >= 4 is 34.9 Å². The molecule has 60 heavy (non-hydrogen) atoms. The summed E-state index contributed by atoms with van der Waals surface area (Å²) in [5.41, 5.74) is 12.0. The third-order valence-electron chi connectivity index (χ3n) is 9.44. The molecule has 0 bridgehead atoms. The van der Waals surface area contributed by atoms with Crippen LogP contribution in [-0.4, -0.2) is 45.9 Å². The number of rotatable bonds is 17. The molecule has 3 atom stereocenters. The van der Waals surface area contributed by atoms with Gasteiger partial charge in [-0.3, -0.25) is 9.59 Å². The number of methoxy groups -OCH3 is 1. The number of carbonyl (C=O) groups excluding carboxylic acids is 2. The summed E-state index contributed by atoms with van der Waals surface area (Å²) in [5.74, 6) is 0.298. The molecule has 1 aliphatic rings. The highest BCUT2D eigenvalue weighted by Gasteiger charge is 2.32. The topological polar surface area (TPSA) is 144 Å². The summed E-state index contributed by atoms with van der Waals surface area (Å²) in [6.45, 7) is 30.6. The molecule has 0 fully saturated rings. The molecule has 0 radical (unpaired) electrons. The van der Waals surface area contributed by atoms with Gasteiger partial charge in [-0.15, -0.1) is 0 Å². The van der Waals surface area contributed by atoms with Crippen molar-refractivity contribution in [1.82, 2.24) is 9.97 Å². The van der Waals surface area contributed by atoms with E-state index < -0.39 is 5.97 Å². The number of nitrogens with one attached hydrogen (secondary N) is 1. The van der Waals surface area contributed by atoms with Crippen LogP contribution in [0.4, 0.5) is 16.0 Å². The number of aryl methyl sites for hydroxylation is 1. The van der Waals surface area contributed by atoms with Gasteiger partial charge >= 0.3 is 5.97 Å². The molecule has 1 unspecified atom stereocenters. The fraction of sp³-hybridized carbons (Fsp3) is 0.460. The van der Waals surface area contributed by atoms with E-state index in [0.717, 1.165) is 42.4 Å². The summed E-state index contributed by atoms with van der Waals surface area (Å²) in [6, 6.07) is 10.1. The van der Waals surface area contributed by atoms with Crippen molar-refractivity contribution in [2.45, 2.75) is 134 Å². The zero-order valence-electron chi connectivity index (χ0n) is 38.8. The van der Waals surface area contributed by atoms with Gasteiger partial charge in [-0.25, -0.2) is 14.4 Å². The SMILES string of the molecule is C=C/C=C(F)\C(=C/C)CC.C=C/C=C\C(C(=CCC)c1nc(N)c2c(n1)NC(=O)C2C)=C(/C)C(C)C.CC.CC(=O)CCc1ccccc1.CCC[C@@H](C(=O)O)[C@H](C)OC. The Morgan fingerprint density at radius 3 is 2.12 bits per heavy atom. The largest absolute Gasteiger partial charge is 0.481 e. The number of nitrogen functional groups attached to an aromatic ring is 1. The summed E-state index contributed by atoms with van der Waals surface area (Å²) in [5, 5.41) is 11.5. The molecule has 3 rings (SSSR count). The van der Waals surface area contributed by atoms with Crippen LogP contribution in [0.1, 0.15) is 138 Å². The van der Waals surface area contributed by atoms with E-state index in [2.05, 4.69) is 62.2 Å². The smallest absolute Gasteiger partial charge is 0.309 e. The van der Waals surface area contributed by atoms with Gasteiger partial charge in [0.2, 0.25) is 5.91 Å². The van der Waals surface area contributed by atoms with E-state index >= 15 is 0 Å². The molecule has 0 saturated carbocycles. The number of allylic oxidation sites excluding steroid dienone is 12. The van der Waals surface area contributed by atoms with E-state index in [0.29, 0.717) is 41.8 Å². The standard InChI is InChI=1S/C21H28N4O.C10H12O.C9H13F.C8H16O3.C2H6/c1-7-9-11-15(13(5)12(3)4)16(10-8-2)19-23-18(22)17-14(6)21(26)25-20(17)24-19;1-9(11)7-8-10-5-3-2-4-6-10;1-4-7-9(10)8(5-2)6-3;1-4-5-7(8(9)10)6(2)11-3;1-2/h7,9-12,14H,1,8H2,2-6H3,(H3,22,23,24,25,26);2-6H,7-8H2,1H3;4-5,7H,1,6H2,2-3H3;6-7H,4-5H2,1-3H3,(H,9,10);1-2H3/b11-9-,15-13-,16-10?;;8-5-,9-7+;;/t;;;6-,7+;/m...0./s1. The lowest BCUT2D eigenvalue weighted by Crippen LogP contribution is -2.27. The Morgan fingerprint density at radius 2 is 1.67 bits per heavy atom. The third kappa shape index (κ3) is 20.7. The maximum absolute atomic E-state index is 12.8. The minimum absolute atomic E-state index is 0.0974. The quantitative estimate of drug-likeness (QED) is 0.134. The van der Waals surface area contributed by atoms with Crippen LogP contribution in [0.2, 0.25) is 0 Å². The molecule has 1 aliphatic heterocycles. The molecule has 9 nitrogen and oxygen atoms in total. The number of carboxylic acids is 1. The highest BCUT2D eigenvalue weighted by atomic mass is 19.1. The number of nitrogens with zero attached hydrogens (tertiary/aromatic N) is 2. The molecule has 2 aromatic rings. The highest BCUT2D eigenvalue weighted by Crippen LogP contribution is 2.37. The molecule has 0 spiro atoms. The minimum Gasteiger partial charge on any atom is -0.481 e. The van der Waals surface area contributed by atoms with Crippen LogP contribution in [0.15, 0.2) is 109 Å². The molecule has 332 valence electrons. The normalized spacial score (nSPS) is 14.9. The summed E-state index contributed by atoms with van der Waals surface area (Å²) in [6.07, 6.45) is 16.8. The van der Waals surface area contributed by atoms with Crippen molar-refractivity contribution in [3.63, 3.8) is 0 Å². The van der Waals surface area contributed by atoms with Gasteiger partial charge in [0.25, 0.3) is 0 Å². The van der Waals surface area contributed by atoms with Crippen molar-refractivity contribution in [2.75, 3.05) is 18.2 Å². The van der Waals surface area contributed by atoms with Crippen LogP contribution in [0.3, 0.4) is 0 Å². The van der Waals surface area contributed by atoms with E-state index in [4.69, 9.17) is 15.6 Å². The van der Waals surface area contributed by atoms with Gasteiger partial charge in [-0.1, -0.05) is 140 Å². The number of hydrogen-bond donors (Lipinski definition) is 3. The predicted molar refractivity (Wildman–Crippen MR) is 251 cm³/mol. The summed E-state index contributed by atoms with van der Waals surface area (Å²) < 4.78 is 17.7. The van der Waals surface area contributed by atoms with Crippen LogP contribution in [0.5, 0.6) is 0 Å². The second-order valence-electron chi connectivity index (χ2n) is 14.1. The zero-order chi connectivity index (χ0) is 46.4. The Balaban J connectivity index is 0. The Bertz CT molecular complexity index is 1790. The second-order valence-corrected chi connectivity index (χ2v) is 14.1. The third-order valence-corrected chi connectivity index (χ3v) is 9.44. The number of nitrogens with two attached hydrogens (primary N) is 1. The van der Waals surface area contributed by atoms with Crippen molar-refractivity contribution in [1.29, 1.82) is 0 Å². The first-order valence-corrected chi connectivity index (χ1v) is 21.1. The van der Waals surface area contributed by atoms with Gasteiger partial charge in [0, 0.05) is 24.7 Å². The molecule has 1 aromatic carbocycles. The first-order valence-electron chi connectivity index (χ1n) is 21.1. The average molecular weight is 831 g/mol. The number of aromatic nitrogens is 2. The van der Waals surface area contributed by atoms with E-state index in [-0.39, 0.29) is 35.5 Å². The fourth-order valence-corrected chi connectivity index (χ4v) is 5.64. The number of benzene rings is 1.